The predicted molar refractivity (Wildman–Crippen MR) is 392 cm³/mol. The van der Waals surface area contributed by atoms with Crippen LogP contribution in [0.3, 0.4) is 0 Å². The number of hydrogen-bond donors (Lipinski definition) is 21. The highest BCUT2D eigenvalue weighted by Crippen LogP contribution is 2.21. The van der Waals surface area contributed by atoms with E-state index in [9.17, 15) is 117 Å². The number of carbonyl (C=O) groups is 19. The molecule has 0 spiro atoms. The summed E-state index contributed by atoms with van der Waals surface area (Å²) < 4.78 is 5.69. The number of para-hydroxylation sites is 2. The second-order valence-corrected chi connectivity index (χ2v) is 26.7. The molecule has 4 rings (SSSR count). The number of carboxylic acids is 4. The van der Waals surface area contributed by atoms with E-state index in [1.807, 2.05) is 16.0 Å². The van der Waals surface area contributed by atoms with Crippen molar-refractivity contribution >= 4 is 129 Å². The Hall–Kier alpha value is -12.2. The van der Waals surface area contributed by atoms with Crippen LogP contribution in [0.4, 0.5) is 5.69 Å². The van der Waals surface area contributed by atoms with Crippen LogP contribution in [-0.2, 0) is 97.5 Å². The van der Waals surface area contributed by atoms with Crippen molar-refractivity contribution < 1.29 is 121 Å². The number of aliphatic hydroxyl groups is 1. The average molecular weight is 1580 g/mol. The minimum atomic E-state index is -2.37. The van der Waals surface area contributed by atoms with E-state index >= 15 is 0 Å². The van der Waals surface area contributed by atoms with Crippen LogP contribution in [0.15, 0.2) is 54.7 Å². The van der Waals surface area contributed by atoms with Gasteiger partial charge < -0.3 is 116 Å². The van der Waals surface area contributed by atoms with Gasteiger partial charge in [0.1, 0.15) is 72.6 Å². The first-order chi connectivity index (χ1) is 53.0. The number of fused-ring (bicyclic) bond motifs is 1. The number of carbonyl (C=O) groups excluding carboxylic acids is 15. The Labute approximate surface area is 641 Å². The number of cyclic esters (lactones) is 1. The first-order valence-electron chi connectivity index (χ1n) is 36.1. The molecule has 41 nitrogen and oxygen atoms in total. The van der Waals surface area contributed by atoms with Crippen LogP contribution in [0, 0.1) is 5.92 Å². The number of nitrogens with one attached hydrogen (secondary N) is 14. The molecule has 23 N–H and O–H groups in total. The molecular weight excluding hydrogens is 1480 g/mol. The fraction of sp³-hybridized carbons (Fsp3) is 0.535. The topological polar surface area (TPSA) is 659 Å². The maximum atomic E-state index is 14.8. The molecular formula is C71H100N16O25. The summed E-state index contributed by atoms with van der Waals surface area (Å²) in [5.41, 5.74) is 12.7. The lowest BCUT2D eigenvalue weighted by molar-refractivity contribution is -0.156. The van der Waals surface area contributed by atoms with Crippen molar-refractivity contribution in [2.45, 2.75) is 210 Å². The van der Waals surface area contributed by atoms with Gasteiger partial charge in [0.2, 0.25) is 76.8 Å². The van der Waals surface area contributed by atoms with Crippen molar-refractivity contribution in [1.29, 1.82) is 0 Å². The zero-order valence-corrected chi connectivity index (χ0v) is 62.4. The summed E-state index contributed by atoms with van der Waals surface area (Å²) in [6.45, 7) is 2.45. The lowest BCUT2D eigenvalue weighted by Crippen LogP contribution is -2.61. The van der Waals surface area contributed by atoms with Crippen LogP contribution in [-0.4, -0.2) is 242 Å². The van der Waals surface area contributed by atoms with Crippen molar-refractivity contribution in [1.82, 2.24) is 74.1 Å². The van der Waals surface area contributed by atoms with Crippen molar-refractivity contribution in [2.24, 2.45) is 11.7 Å². The third-order valence-electron chi connectivity index (χ3n) is 17.6. The van der Waals surface area contributed by atoms with Gasteiger partial charge in [0.25, 0.3) is 0 Å². The van der Waals surface area contributed by atoms with Crippen LogP contribution >= 0.6 is 0 Å². The number of Topliss-reactive ketones (excluding diaryl/α,β-unsaturated/α-hetero) is 1. The number of nitrogen functional groups attached to an aromatic ring is 1. The Bertz CT molecular complexity index is 3910. The van der Waals surface area contributed by atoms with E-state index in [2.05, 4.69) is 65.1 Å². The van der Waals surface area contributed by atoms with E-state index in [4.69, 9.17) is 16.2 Å². The molecule has 614 valence electrons. The highest BCUT2D eigenvalue weighted by atomic mass is 16.5. The third kappa shape index (κ3) is 31.1. The molecule has 13 atom stereocenters. The molecule has 13 amide bonds. The minimum Gasteiger partial charge on any atom is -0.481 e. The summed E-state index contributed by atoms with van der Waals surface area (Å²) in [5, 5.41) is 79.1. The number of unbranched alkanes of at least 4 members (excludes halogenated alkanes) is 6. The number of aliphatic hydroxyl groups excluding tert-OH is 1. The molecule has 2 aromatic carbocycles. The predicted octanol–water partition coefficient (Wildman–Crippen LogP) is -4.48. The monoisotopic (exact) mass is 1580 g/mol. The number of anilines is 1. The second kappa shape index (κ2) is 46.4. The number of ether oxygens (including phenoxy) is 1. The fourth-order valence-electron chi connectivity index (χ4n) is 11.5. The van der Waals surface area contributed by atoms with Crippen LogP contribution in [0.5, 0.6) is 0 Å². The molecule has 2 heterocycles. The van der Waals surface area contributed by atoms with Gasteiger partial charge >= 0.3 is 29.8 Å². The van der Waals surface area contributed by atoms with E-state index in [1.165, 1.54) is 24.3 Å². The summed E-state index contributed by atoms with van der Waals surface area (Å²) in [7, 11) is 0. The van der Waals surface area contributed by atoms with E-state index in [0.29, 0.717) is 22.9 Å². The van der Waals surface area contributed by atoms with E-state index < -0.39 is 243 Å². The summed E-state index contributed by atoms with van der Waals surface area (Å²) in [4.78, 5) is 262. The number of benzene rings is 2. The third-order valence-corrected chi connectivity index (χ3v) is 17.6. The van der Waals surface area contributed by atoms with Gasteiger partial charge in [-0.15, -0.1) is 0 Å². The smallest absolute Gasteiger partial charge is 0.329 e. The summed E-state index contributed by atoms with van der Waals surface area (Å²) >= 11 is 0. The first-order valence-corrected chi connectivity index (χ1v) is 36.1. The number of rotatable bonds is 33. The molecule has 0 radical (unpaired) electrons. The van der Waals surface area contributed by atoms with Gasteiger partial charge in [-0.3, -0.25) is 86.3 Å². The number of esters is 1. The van der Waals surface area contributed by atoms with Crippen molar-refractivity contribution in [3.05, 3.63) is 65.9 Å². The molecule has 0 saturated carbocycles. The SMILES string of the molecule is CCCCCCCCCC(=O)N[C@@H](Cc1c[nH]c2ccccc12)C(=O)N[C@@H](C)C(=O)N[C@@H](CC(=O)O)C(=O)N[C@@H]1C(=O)NCC(=O)N[C@@H](CCCN)C(=O)N[C@@H](CC(=O)O)C(=O)N[C@H](C)C(=O)N[C@@H](CC(=O)O)C(=O)NCC(=O)N[C@H](CO)C(=O)N[C@@H]([C@@H](C)CC(=O)O)C(=O)N[C@@H](CC(=O)c2ccccc2N)C(=O)O[C@@H]1C. The number of nitrogens with two attached hydrogens (primary N) is 2. The quantitative estimate of drug-likeness (QED) is 0.0118. The van der Waals surface area contributed by atoms with Gasteiger partial charge in [0.05, 0.1) is 45.4 Å². The van der Waals surface area contributed by atoms with Gasteiger partial charge in [-0.1, -0.05) is 82.7 Å². The van der Waals surface area contributed by atoms with Crippen molar-refractivity contribution in [3.63, 3.8) is 0 Å². The van der Waals surface area contributed by atoms with Crippen molar-refractivity contribution in [3.8, 4) is 0 Å². The van der Waals surface area contributed by atoms with Gasteiger partial charge in [0, 0.05) is 47.6 Å². The Morgan fingerprint density at radius 1 is 0.554 bits per heavy atom. The van der Waals surface area contributed by atoms with Gasteiger partial charge in [-0.2, -0.15) is 0 Å². The molecule has 0 bridgehead atoms. The number of carboxylic acid groups (broad SMARTS) is 4. The van der Waals surface area contributed by atoms with Crippen LogP contribution in [0.2, 0.25) is 0 Å². The number of amides is 13. The van der Waals surface area contributed by atoms with Gasteiger partial charge in [-0.05, 0) is 76.3 Å². The summed E-state index contributed by atoms with van der Waals surface area (Å²) in [6.07, 6.45) is -0.446. The molecule has 1 fully saturated rings. The minimum absolute atomic E-state index is 0.0556. The van der Waals surface area contributed by atoms with Crippen LogP contribution < -0.4 is 80.6 Å². The molecule has 1 aliphatic heterocycles. The summed E-state index contributed by atoms with van der Waals surface area (Å²) in [5.74, 6) is -27.4. The number of aromatic nitrogens is 1. The first kappa shape index (κ1) is 92.2. The van der Waals surface area contributed by atoms with Gasteiger partial charge in [-0.25, -0.2) is 4.79 Å². The Morgan fingerprint density at radius 2 is 1.12 bits per heavy atom. The zero-order chi connectivity index (χ0) is 83.5. The average Bonchev–Trinajstić information content (AvgIpc) is 1.66. The normalized spacial score (nSPS) is 21.5. The van der Waals surface area contributed by atoms with E-state index in [1.54, 1.807) is 30.5 Å². The Kier molecular flexibility index (Phi) is 38.2. The highest BCUT2D eigenvalue weighted by molar-refractivity contribution is 6.05. The molecule has 0 unspecified atom stereocenters. The maximum Gasteiger partial charge on any atom is 0.329 e. The Balaban J connectivity index is 1.83. The lowest BCUT2D eigenvalue weighted by atomic mass is 9.96. The molecule has 0 aliphatic carbocycles. The molecule has 112 heavy (non-hydrogen) atoms. The summed E-state index contributed by atoms with van der Waals surface area (Å²) in [6, 6.07) is -9.30. The molecule has 3 aromatic rings. The van der Waals surface area contributed by atoms with E-state index in [0.717, 1.165) is 66.2 Å². The molecule has 1 aromatic heterocycles. The maximum absolute atomic E-state index is 14.8. The highest BCUT2D eigenvalue weighted by Gasteiger charge is 2.41. The Morgan fingerprint density at radius 3 is 1.73 bits per heavy atom. The number of ketones is 1. The largest absolute Gasteiger partial charge is 0.481 e. The number of hydrogen-bond acceptors (Lipinski definition) is 23. The number of aliphatic carboxylic acids is 4. The van der Waals surface area contributed by atoms with Crippen LogP contribution in [0.25, 0.3) is 10.9 Å². The second-order valence-electron chi connectivity index (χ2n) is 26.7. The standard InChI is InChI=1S/C71H100N16O25/c1-6-7-8-9-10-11-12-23-52(90)80-45(26-39-31-74-43-21-16-14-18-40(39)43)65(105)77-37(4)62(102)83-48(30-58(99)100)67(107)87-60-38(5)112-71(111)49(27-51(89)41-19-13-15-20-42(41)73)85-70(110)59(35(2)25-55(93)94)86-68(108)50(34-88)81-54(92)32-75-63(103)46(28-56(95)96)82-61(101)36(3)78-66(106)47(29-57(97)98)84-64(104)44(22-17-24-72)79-53(91)33-76-69(60)109/h13-16,18-21,31,35-38,44-50,59-60,74,88H,6-12,17,22-30,32-34,72-73H2,1-5H3,(H,75,103)(H,76,109)(H,77,105)(H,78,106)(H,79,91)(H,80,90)(H,81,92)(H,82,101)(H,83,102)(H,84,104)(H,85,110)(H,86,108)(H,87,107)(H,93,94)(H,95,96)(H,97,98)(H,99,100)/t35-,36+,37-,38+,44-,45-,46-,47-,48-,49-,50+,59-,60-/m0/s1. The van der Waals surface area contributed by atoms with Crippen LogP contribution in [0.1, 0.15) is 147 Å². The molecule has 41 heteroatoms. The number of H-pyrrole nitrogens is 1. The molecule has 1 saturated heterocycles. The van der Waals surface area contributed by atoms with Gasteiger partial charge in [0.15, 0.2) is 5.78 Å². The zero-order valence-electron chi connectivity index (χ0n) is 62.4. The fourth-order valence-corrected chi connectivity index (χ4v) is 11.5. The molecule has 1 aliphatic rings. The number of aromatic amines is 1. The lowest BCUT2D eigenvalue weighted by Gasteiger charge is -2.30. The van der Waals surface area contributed by atoms with E-state index in [-0.39, 0.29) is 43.5 Å². The van der Waals surface area contributed by atoms with Crippen molar-refractivity contribution in [2.75, 3.05) is 32.0 Å².